The smallest absolute Gasteiger partial charge is 0.223 e. The van der Waals surface area contributed by atoms with E-state index in [4.69, 9.17) is 4.74 Å². The first-order valence-corrected chi connectivity index (χ1v) is 6.67. The first-order valence-electron chi connectivity index (χ1n) is 5.28. The van der Waals surface area contributed by atoms with Gasteiger partial charge in [-0.1, -0.05) is 0 Å². The molecule has 0 spiro atoms. The fourth-order valence-electron chi connectivity index (χ4n) is 1.47. The van der Waals surface area contributed by atoms with Crippen molar-refractivity contribution < 1.29 is 9.53 Å². The number of rotatable bonds is 5. The predicted molar refractivity (Wildman–Crippen MR) is 63.2 cm³/mol. The van der Waals surface area contributed by atoms with Crippen molar-refractivity contribution in [1.82, 2.24) is 10.2 Å². The van der Waals surface area contributed by atoms with Crippen LogP contribution >= 0.6 is 11.8 Å². The lowest BCUT2D eigenvalue weighted by Gasteiger charge is -2.25. The third-order valence-corrected chi connectivity index (χ3v) is 3.07. The second kappa shape index (κ2) is 7.09. The van der Waals surface area contributed by atoms with Crippen LogP contribution in [0.5, 0.6) is 0 Å². The van der Waals surface area contributed by atoms with Crippen molar-refractivity contribution in [3.05, 3.63) is 0 Å². The molecule has 0 aromatic rings. The summed E-state index contributed by atoms with van der Waals surface area (Å²) in [6, 6.07) is 0.197. The zero-order valence-electron chi connectivity index (χ0n) is 9.49. The van der Waals surface area contributed by atoms with Gasteiger partial charge in [-0.3, -0.25) is 4.79 Å². The van der Waals surface area contributed by atoms with Gasteiger partial charge < -0.3 is 15.0 Å². The topological polar surface area (TPSA) is 41.6 Å². The van der Waals surface area contributed by atoms with E-state index in [0.29, 0.717) is 13.0 Å². The maximum Gasteiger partial charge on any atom is 0.223 e. The van der Waals surface area contributed by atoms with E-state index in [1.54, 1.807) is 16.7 Å². The highest BCUT2D eigenvalue weighted by Gasteiger charge is 2.18. The minimum absolute atomic E-state index is 0.197. The summed E-state index contributed by atoms with van der Waals surface area (Å²) in [6.07, 6.45) is 2.60. The molecule has 0 bridgehead atoms. The fraction of sp³-hybridized carbons (Fsp3) is 0.900. The van der Waals surface area contributed by atoms with Crippen LogP contribution in [0.15, 0.2) is 0 Å². The Morgan fingerprint density at radius 1 is 1.67 bits per heavy atom. The highest BCUT2D eigenvalue weighted by Crippen LogP contribution is 2.02. The van der Waals surface area contributed by atoms with E-state index in [-0.39, 0.29) is 11.9 Å². The molecule has 0 aliphatic carbocycles. The van der Waals surface area contributed by atoms with Crippen LogP contribution in [0.2, 0.25) is 0 Å². The number of morpholine rings is 1. The maximum atomic E-state index is 11.7. The van der Waals surface area contributed by atoms with Gasteiger partial charge in [-0.15, -0.1) is 0 Å². The largest absolute Gasteiger partial charge is 0.378 e. The third kappa shape index (κ3) is 4.86. The number of ether oxygens (including phenoxy) is 1. The number of hydrogen-bond acceptors (Lipinski definition) is 4. The summed E-state index contributed by atoms with van der Waals surface area (Å²) in [7, 11) is 1.86. The zero-order chi connectivity index (χ0) is 11.1. The van der Waals surface area contributed by atoms with Crippen molar-refractivity contribution in [2.24, 2.45) is 0 Å². The molecule has 1 amide bonds. The summed E-state index contributed by atoms with van der Waals surface area (Å²) in [5.41, 5.74) is 0. The van der Waals surface area contributed by atoms with E-state index in [2.05, 4.69) is 11.6 Å². The van der Waals surface area contributed by atoms with Crippen LogP contribution in [0.4, 0.5) is 0 Å². The minimum atomic E-state index is 0.197. The molecule has 1 aliphatic heterocycles. The first kappa shape index (κ1) is 12.8. The molecule has 0 aromatic carbocycles. The van der Waals surface area contributed by atoms with Crippen molar-refractivity contribution in [2.45, 2.75) is 12.5 Å². The Labute approximate surface area is 95.7 Å². The van der Waals surface area contributed by atoms with E-state index < -0.39 is 0 Å². The van der Waals surface area contributed by atoms with Crippen molar-refractivity contribution in [3.63, 3.8) is 0 Å². The lowest BCUT2D eigenvalue weighted by molar-refractivity contribution is -0.130. The Morgan fingerprint density at radius 3 is 3.07 bits per heavy atom. The van der Waals surface area contributed by atoms with Gasteiger partial charge in [0.25, 0.3) is 0 Å². The minimum Gasteiger partial charge on any atom is -0.378 e. The standard InChI is InChI=1S/C10H20N2O2S/c1-12(4-6-15-2)10(13)7-9-8-14-5-3-11-9/h9,11H,3-8H2,1-2H3. The van der Waals surface area contributed by atoms with Crippen molar-refractivity contribution in [1.29, 1.82) is 0 Å². The first-order chi connectivity index (χ1) is 7.24. The Hall–Kier alpha value is -0.260. The number of thioether (sulfide) groups is 1. The maximum absolute atomic E-state index is 11.7. The van der Waals surface area contributed by atoms with Gasteiger partial charge in [0.2, 0.25) is 5.91 Å². The van der Waals surface area contributed by atoms with Crippen molar-refractivity contribution in [3.8, 4) is 0 Å². The number of amides is 1. The molecular weight excluding hydrogens is 212 g/mol. The molecule has 0 saturated carbocycles. The monoisotopic (exact) mass is 232 g/mol. The summed E-state index contributed by atoms with van der Waals surface area (Å²) in [5.74, 6) is 1.20. The molecule has 1 fully saturated rings. The SMILES string of the molecule is CSCCN(C)C(=O)CC1COCCN1. The lowest BCUT2D eigenvalue weighted by Crippen LogP contribution is -2.44. The molecule has 1 aliphatic rings. The molecule has 1 unspecified atom stereocenters. The number of nitrogens with zero attached hydrogens (tertiary/aromatic N) is 1. The quantitative estimate of drug-likeness (QED) is 0.734. The normalized spacial score (nSPS) is 21.3. The van der Waals surface area contributed by atoms with Gasteiger partial charge in [0.15, 0.2) is 0 Å². The Bertz CT molecular complexity index is 196. The fourth-order valence-corrected chi connectivity index (χ4v) is 1.93. The predicted octanol–water partition coefficient (Wildman–Crippen LogP) is 0.186. The number of nitrogens with one attached hydrogen (secondary N) is 1. The Morgan fingerprint density at radius 2 is 2.47 bits per heavy atom. The van der Waals surface area contributed by atoms with Crippen LogP contribution in [-0.2, 0) is 9.53 Å². The summed E-state index contributed by atoms with van der Waals surface area (Å²) < 4.78 is 5.31. The third-order valence-electron chi connectivity index (χ3n) is 2.48. The van der Waals surface area contributed by atoms with E-state index >= 15 is 0 Å². The molecule has 88 valence electrons. The van der Waals surface area contributed by atoms with Crippen LogP contribution in [0.25, 0.3) is 0 Å². The van der Waals surface area contributed by atoms with Crippen LogP contribution in [0, 0.1) is 0 Å². The van der Waals surface area contributed by atoms with Crippen LogP contribution in [0.3, 0.4) is 0 Å². The van der Waals surface area contributed by atoms with Crippen molar-refractivity contribution >= 4 is 17.7 Å². The van der Waals surface area contributed by atoms with Gasteiger partial charge in [0, 0.05) is 38.4 Å². The summed E-state index contributed by atoms with van der Waals surface area (Å²) in [4.78, 5) is 13.5. The summed E-state index contributed by atoms with van der Waals surface area (Å²) >= 11 is 1.76. The van der Waals surface area contributed by atoms with Crippen LogP contribution in [-0.4, -0.2) is 62.2 Å². The number of hydrogen-bond donors (Lipinski definition) is 1. The van der Waals surface area contributed by atoms with E-state index in [0.717, 1.165) is 25.4 Å². The second-order valence-corrected chi connectivity index (χ2v) is 4.72. The molecule has 15 heavy (non-hydrogen) atoms. The van der Waals surface area contributed by atoms with E-state index in [1.165, 1.54) is 0 Å². The summed E-state index contributed by atoms with van der Waals surface area (Å²) in [6.45, 7) is 3.09. The average molecular weight is 232 g/mol. The molecule has 1 heterocycles. The molecule has 4 nitrogen and oxygen atoms in total. The van der Waals surface area contributed by atoms with Gasteiger partial charge >= 0.3 is 0 Å². The van der Waals surface area contributed by atoms with Crippen LogP contribution < -0.4 is 5.32 Å². The summed E-state index contributed by atoms with van der Waals surface area (Å²) in [5, 5.41) is 3.28. The van der Waals surface area contributed by atoms with Crippen molar-refractivity contribution in [2.75, 3.05) is 45.4 Å². The molecule has 1 rings (SSSR count). The van der Waals surface area contributed by atoms with Gasteiger partial charge in [-0.2, -0.15) is 11.8 Å². The number of carbonyl (C=O) groups excluding carboxylic acids is 1. The molecule has 1 saturated heterocycles. The number of carbonyl (C=O) groups is 1. The molecule has 1 atom stereocenters. The highest BCUT2D eigenvalue weighted by molar-refractivity contribution is 7.98. The lowest BCUT2D eigenvalue weighted by atomic mass is 10.2. The Balaban J connectivity index is 2.20. The average Bonchev–Trinajstić information content (AvgIpc) is 2.27. The molecular formula is C10H20N2O2S. The van der Waals surface area contributed by atoms with Gasteiger partial charge in [0.1, 0.15) is 0 Å². The zero-order valence-corrected chi connectivity index (χ0v) is 10.3. The van der Waals surface area contributed by atoms with Gasteiger partial charge in [-0.25, -0.2) is 0 Å². The van der Waals surface area contributed by atoms with E-state index in [9.17, 15) is 4.79 Å². The molecule has 0 aromatic heterocycles. The van der Waals surface area contributed by atoms with Gasteiger partial charge in [-0.05, 0) is 6.26 Å². The van der Waals surface area contributed by atoms with Gasteiger partial charge in [0.05, 0.1) is 13.2 Å². The Kier molecular flexibility index (Phi) is 6.05. The molecule has 0 radical (unpaired) electrons. The van der Waals surface area contributed by atoms with Crippen LogP contribution in [0.1, 0.15) is 6.42 Å². The highest BCUT2D eigenvalue weighted by atomic mass is 32.2. The molecule has 5 heteroatoms. The second-order valence-electron chi connectivity index (χ2n) is 3.74. The van der Waals surface area contributed by atoms with E-state index in [1.807, 2.05) is 7.05 Å². The molecule has 1 N–H and O–H groups in total.